The third-order valence-electron chi connectivity index (χ3n) is 4.63. The van der Waals surface area contributed by atoms with Gasteiger partial charge < -0.3 is 10.2 Å². The molecule has 1 aromatic carbocycles. The van der Waals surface area contributed by atoms with Gasteiger partial charge in [0.2, 0.25) is 0 Å². The van der Waals surface area contributed by atoms with Crippen LogP contribution in [0.15, 0.2) is 41.5 Å². The van der Waals surface area contributed by atoms with Crippen molar-refractivity contribution in [2.24, 2.45) is 4.99 Å². The van der Waals surface area contributed by atoms with Gasteiger partial charge >= 0.3 is 0 Å². The predicted octanol–water partition coefficient (Wildman–Crippen LogP) is 3.79. The van der Waals surface area contributed by atoms with Crippen molar-refractivity contribution in [2.45, 2.75) is 39.5 Å². The lowest BCUT2D eigenvalue weighted by Crippen LogP contribution is -2.39. The Morgan fingerprint density at radius 2 is 1.92 bits per heavy atom. The Morgan fingerprint density at radius 3 is 2.62 bits per heavy atom. The fourth-order valence-corrected chi connectivity index (χ4v) is 3.26. The van der Waals surface area contributed by atoms with Crippen LogP contribution in [0, 0.1) is 6.92 Å². The van der Waals surface area contributed by atoms with Gasteiger partial charge in [-0.3, -0.25) is 4.99 Å². The van der Waals surface area contributed by atoms with Gasteiger partial charge in [-0.25, -0.2) is 4.68 Å². The molecule has 1 saturated heterocycles. The number of aromatic nitrogens is 2. The number of nitrogens with zero attached hydrogens (tertiary/aromatic N) is 4. The molecule has 1 aromatic heterocycles. The average molecular weight is 467 g/mol. The topological polar surface area (TPSA) is 45.5 Å². The molecular formula is C20H30IN5. The zero-order valence-corrected chi connectivity index (χ0v) is 18.1. The maximum absolute atomic E-state index is 4.81. The largest absolute Gasteiger partial charge is 0.357 e. The molecule has 1 fully saturated rings. The summed E-state index contributed by atoms with van der Waals surface area (Å²) in [5.74, 6) is 1.08. The van der Waals surface area contributed by atoms with E-state index in [1.54, 1.807) is 0 Å². The number of likely N-dealkylation sites (tertiary alicyclic amines) is 1. The summed E-state index contributed by atoms with van der Waals surface area (Å²) in [6, 6.07) is 10.3. The van der Waals surface area contributed by atoms with E-state index in [0.29, 0.717) is 0 Å². The van der Waals surface area contributed by atoms with Gasteiger partial charge in [0.25, 0.3) is 0 Å². The van der Waals surface area contributed by atoms with E-state index in [1.165, 1.54) is 18.4 Å². The van der Waals surface area contributed by atoms with E-state index >= 15 is 0 Å². The van der Waals surface area contributed by atoms with Crippen molar-refractivity contribution in [3.05, 3.63) is 47.8 Å². The molecule has 5 nitrogen and oxygen atoms in total. The Morgan fingerprint density at radius 1 is 1.19 bits per heavy atom. The molecule has 1 aliphatic rings. The van der Waals surface area contributed by atoms with E-state index in [0.717, 1.165) is 56.4 Å². The van der Waals surface area contributed by atoms with Crippen LogP contribution in [0.1, 0.15) is 37.4 Å². The minimum atomic E-state index is 0. The van der Waals surface area contributed by atoms with Crippen molar-refractivity contribution in [2.75, 3.05) is 26.2 Å². The van der Waals surface area contributed by atoms with Crippen LogP contribution in [0.4, 0.5) is 0 Å². The second-order valence-corrected chi connectivity index (χ2v) is 6.55. The van der Waals surface area contributed by atoms with Gasteiger partial charge in [0.15, 0.2) is 5.96 Å². The molecule has 0 bridgehead atoms. The number of benzene rings is 1. The number of rotatable bonds is 6. The second-order valence-electron chi connectivity index (χ2n) is 6.55. The Hall–Kier alpha value is -1.57. The summed E-state index contributed by atoms with van der Waals surface area (Å²) in [4.78, 5) is 7.19. The van der Waals surface area contributed by atoms with E-state index in [2.05, 4.69) is 47.5 Å². The Bertz CT molecular complexity index is 689. The van der Waals surface area contributed by atoms with Crippen LogP contribution < -0.4 is 5.32 Å². The second kappa shape index (κ2) is 10.5. The minimum Gasteiger partial charge on any atom is -0.357 e. The first kappa shape index (κ1) is 20.7. The number of para-hydroxylation sites is 1. The van der Waals surface area contributed by atoms with E-state index in [4.69, 9.17) is 4.99 Å². The first-order valence-electron chi connectivity index (χ1n) is 9.41. The maximum Gasteiger partial charge on any atom is 0.193 e. The van der Waals surface area contributed by atoms with Gasteiger partial charge in [-0.2, -0.15) is 5.10 Å². The number of aryl methyl sites for hydroxylation is 2. The molecule has 26 heavy (non-hydrogen) atoms. The first-order valence-corrected chi connectivity index (χ1v) is 9.41. The number of aliphatic imine (C=N–C) groups is 1. The Kier molecular flexibility index (Phi) is 8.41. The van der Waals surface area contributed by atoms with Crippen LogP contribution >= 0.6 is 24.0 Å². The molecule has 6 heteroatoms. The standard InChI is InChI=1S/C20H29N5.HI/c1-3-21-20(24-14-7-8-15-24)22-13-9-10-18-16-25(23-17(18)2)19-11-5-4-6-12-19;/h4-6,11-12,16H,3,7-10,13-15H2,1-2H3,(H,21,22);1H. The lowest BCUT2D eigenvalue weighted by Gasteiger charge is -2.20. The number of nitrogens with one attached hydrogen (secondary N) is 1. The third kappa shape index (κ3) is 5.46. The van der Waals surface area contributed by atoms with E-state index in [9.17, 15) is 0 Å². The van der Waals surface area contributed by atoms with Crippen molar-refractivity contribution in [1.29, 1.82) is 0 Å². The highest BCUT2D eigenvalue weighted by Crippen LogP contribution is 2.13. The van der Waals surface area contributed by atoms with Gasteiger partial charge in [-0.05, 0) is 57.2 Å². The quantitative estimate of drug-likeness (QED) is 0.304. The minimum absolute atomic E-state index is 0. The van der Waals surface area contributed by atoms with Crippen LogP contribution in [0.25, 0.3) is 5.69 Å². The number of hydrogen-bond acceptors (Lipinski definition) is 2. The Labute approximate surface area is 173 Å². The number of halogens is 1. The summed E-state index contributed by atoms with van der Waals surface area (Å²) >= 11 is 0. The van der Waals surface area contributed by atoms with Gasteiger partial charge in [-0.1, -0.05) is 18.2 Å². The van der Waals surface area contributed by atoms with Crippen LogP contribution in [0.2, 0.25) is 0 Å². The summed E-state index contributed by atoms with van der Waals surface area (Å²) < 4.78 is 1.97. The molecule has 0 spiro atoms. The summed E-state index contributed by atoms with van der Waals surface area (Å²) in [6.45, 7) is 8.27. The zero-order valence-electron chi connectivity index (χ0n) is 15.8. The van der Waals surface area contributed by atoms with Gasteiger partial charge in [0.05, 0.1) is 11.4 Å². The maximum atomic E-state index is 4.81. The molecule has 0 aliphatic carbocycles. The molecule has 142 valence electrons. The fraction of sp³-hybridized carbons (Fsp3) is 0.500. The predicted molar refractivity (Wildman–Crippen MR) is 119 cm³/mol. The highest BCUT2D eigenvalue weighted by molar-refractivity contribution is 14.0. The summed E-state index contributed by atoms with van der Waals surface area (Å²) in [6.07, 6.45) is 6.77. The molecule has 1 N–H and O–H groups in total. The molecule has 1 aliphatic heterocycles. The molecular weight excluding hydrogens is 437 g/mol. The van der Waals surface area contributed by atoms with Crippen molar-refractivity contribution in [3.8, 4) is 5.69 Å². The normalized spacial score (nSPS) is 14.4. The van der Waals surface area contributed by atoms with Crippen molar-refractivity contribution < 1.29 is 0 Å². The van der Waals surface area contributed by atoms with Crippen molar-refractivity contribution in [1.82, 2.24) is 20.0 Å². The first-order chi connectivity index (χ1) is 12.3. The SMILES string of the molecule is CCNC(=NCCCc1cn(-c2ccccc2)nc1C)N1CCCC1.I. The Balaban J connectivity index is 0.00000243. The molecule has 0 saturated carbocycles. The number of hydrogen-bond donors (Lipinski definition) is 1. The van der Waals surface area contributed by atoms with Gasteiger partial charge in [0, 0.05) is 32.4 Å². The summed E-state index contributed by atoms with van der Waals surface area (Å²) in [7, 11) is 0. The highest BCUT2D eigenvalue weighted by Gasteiger charge is 2.15. The lowest BCUT2D eigenvalue weighted by molar-refractivity contribution is 0.493. The van der Waals surface area contributed by atoms with Crippen molar-refractivity contribution in [3.63, 3.8) is 0 Å². The molecule has 0 atom stereocenters. The average Bonchev–Trinajstić information content (AvgIpc) is 3.29. The molecule has 2 aromatic rings. The molecule has 3 rings (SSSR count). The third-order valence-corrected chi connectivity index (χ3v) is 4.63. The zero-order chi connectivity index (χ0) is 17.5. The fourth-order valence-electron chi connectivity index (χ4n) is 3.26. The van der Waals surface area contributed by atoms with Crippen LogP contribution in [0.3, 0.4) is 0 Å². The summed E-state index contributed by atoms with van der Waals surface area (Å²) in [5, 5.41) is 8.07. The van der Waals surface area contributed by atoms with Gasteiger partial charge in [0.1, 0.15) is 0 Å². The van der Waals surface area contributed by atoms with E-state index in [-0.39, 0.29) is 24.0 Å². The highest BCUT2D eigenvalue weighted by atomic mass is 127. The van der Waals surface area contributed by atoms with Crippen LogP contribution in [-0.4, -0.2) is 46.8 Å². The molecule has 2 heterocycles. The number of guanidine groups is 1. The molecule has 0 unspecified atom stereocenters. The molecule has 0 radical (unpaired) electrons. The monoisotopic (exact) mass is 467 g/mol. The van der Waals surface area contributed by atoms with E-state index in [1.807, 2.05) is 22.9 Å². The molecule has 0 amide bonds. The summed E-state index contributed by atoms with van der Waals surface area (Å²) in [5.41, 5.74) is 3.53. The van der Waals surface area contributed by atoms with Gasteiger partial charge in [-0.15, -0.1) is 24.0 Å². The lowest BCUT2D eigenvalue weighted by atomic mass is 10.1. The van der Waals surface area contributed by atoms with Crippen molar-refractivity contribution >= 4 is 29.9 Å². The van der Waals surface area contributed by atoms with E-state index < -0.39 is 0 Å². The van der Waals surface area contributed by atoms with Crippen LogP contribution in [0.5, 0.6) is 0 Å². The smallest absolute Gasteiger partial charge is 0.193 e. The van der Waals surface area contributed by atoms with Crippen LogP contribution in [-0.2, 0) is 6.42 Å².